The second-order valence-electron chi connectivity index (χ2n) is 3.16. The molecular formula is C8H17NO. The summed E-state index contributed by atoms with van der Waals surface area (Å²) in [6.45, 7) is 4.54. The molecule has 1 fully saturated rings. The molecule has 1 aliphatic rings. The van der Waals surface area contributed by atoms with E-state index in [1.165, 1.54) is 13.0 Å². The number of nitrogens with zero attached hydrogens (tertiary/aromatic N) is 1. The Bertz CT molecular complexity index is 93.4. The third kappa shape index (κ3) is 1.50. The molecule has 0 aliphatic carbocycles. The van der Waals surface area contributed by atoms with Crippen LogP contribution >= 0.6 is 0 Å². The maximum atomic E-state index is 5.34. The highest BCUT2D eigenvalue weighted by Gasteiger charge is 2.28. The van der Waals surface area contributed by atoms with Gasteiger partial charge in [0.15, 0.2) is 0 Å². The van der Waals surface area contributed by atoms with E-state index in [0.717, 1.165) is 12.5 Å². The van der Waals surface area contributed by atoms with Crippen LogP contribution in [-0.2, 0) is 4.74 Å². The Kier molecular flexibility index (Phi) is 2.69. The Morgan fingerprint density at radius 1 is 1.50 bits per heavy atom. The number of methoxy groups -OCH3 is 1. The Balaban J connectivity index is 2.41. The maximum Gasteiger partial charge on any atom is 0.0738 e. The minimum atomic E-state index is 0.481. The van der Waals surface area contributed by atoms with Crippen LogP contribution in [0.1, 0.15) is 13.3 Å². The van der Waals surface area contributed by atoms with Gasteiger partial charge >= 0.3 is 0 Å². The van der Waals surface area contributed by atoms with Crippen LogP contribution in [0.5, 0.6) is 0 Å². The van der Waals surface area contributed by atoms with Crippen LogP contribution in [-0.4, -0.2) is 38.3 Å². The summed E-state index contributed by atoms with van der Waals surface area (Å²) in [5, 5.41) is 0. The van der Waals surface area contributed by atoms with Crippen LogP contribution in [0.3, 0.4) is 0 Å². The lowest BCUT2D eigenvalue weighted by Gasteiger charge is -2.13. The first-order valence-electron chi connectivity index (χ1n) is 3.99. The van der Waals surface area contributed by atoms with Gasteiger partial charge in [0.2, 0.25) is 0 Å². The SMILES string of the molecule is CC[C@@H]1CN(C)C[C@H]1OC. The third-order valence-corrected chi connectivity index (χ3v) is 2.39. The summed E-state index contributed by atoms with van der Waals surface area (Å²) in [5.41, 5.74) is 0. The van der Waals surface area contributed by atoms with E-state index in [1.807, 2.05) is 7.11 Å². The van der Waals surface area contributed by atoms with E-state index in [-0.39, 0.29) is 0 Å². The average Bonchev–Trinajstić information content (AvgIpc) is 2.30. The van der Waals surface area contributed by atoms with Gasteiger partial charge in [-0.1, -0.05) is 6.92 Å². The van der Waals surface area contributed by atoms with E-state index in [4.69, 9.17) is 4.74 Å². The van der Waals surface area contributed by atoms with Crippen LogP contribution in [0.2, 0.25) is 0 Å². The van der Waals surface area contributed by atoms with Crippen LogP contribution in [0.4, 0.5) is 0 Å². The van der Waals surface area contributed by atoms with Crippen molar-refractivity contribution in [1.82, 2.24) is 4.90 Å². The van der Waals surface area contributed by atoms with Gasteiger partial charge in [0.1, 0.15) is 0 Å². The smallest absolute Gasteiger partial charge is 0.0738 e. The highest BCUT2D eigenvalue weighted by Crippen LogP contribution is 2.20. The molecule has 0 radical (unpaired) electrons. The Morgan fingerprint density at radius 3 is 2.60 bits per heavy atom. The maximum absolute atomic E-state index is 5.34. The molecule has 10 heavy (non-hydrogen) atoms. The molecule has 0 N–H and O–H groups in total. The van der Waals surface area contributed by atoms with Gasteiger partial charge < -0.3 is 9.64 Å². The number of hydrogen-bond acceptors (Lipinski definition) is 2. The highest BCUT2D eigenvalue weighted by atomic mass is 16.5. The topological polar surface area (TPSA) is 12.5 Å². The van der Waals surface area contributed by atoms with Crippen molar-refractivity contribution in [3.63, 3.8) is 0 Å². The molecule has 1 aliphatic heterocycles. The van der Waals surface area contributed by atoms with Crippen molar-refractivity contribution in [2.24, 2.45) is 5.92 Å². The van der Waals surface area contributed by atoms with E-state index in [9.17, 15) is 0 Å². The van der Waals surface area contributed by atoms with Gasteiger partial charge in [0, 0.05) is 20.2 Å². The minimum absolute atomic E-state index is 0.481. The number of likely N-dealkylation sites (N-methyl/N-ethyl adjacent to an activating group) is 1. The second-order valence-corrected chi connectivity index (χ2v) is 3.16. The summed E-state index contributed by atoms with van der Waals surface area (Å²) < 4.78 is 5.34. The number of likely N-dealkylation sites (tertiary alicyclic amines) is 1. The Hall–Kier alpha value is -0.0800. The van der Waals surface area contributed by atoms with Crippen LogP contribution in [0.25, 0.3) is 0 Å². The number of ether oxygens (including phenoxy) is 1. The van der Waals surface area contributed by atoms with Crippen molar-refractivity contribution >= 4 is 0 Å². The third-order valence-electron chi connectivity index (χ3n) is 2.39. The first kappa shape index (κ1) is 8.02. The molecule has 0 aromatic carbocycles. The zero-order valence-corrected chi connectivity index (χ0v) is 7.13. The summed E-state index contributed by atoms with van der Waals surface area (Å²) in [7, 11) is 3.97. The van der Waals surface area contributed by atoms with Crippen molar-refractivity contribution in [3.8, 4) is 0 Å². The van der Waals surface area contributed by atoms with Crippen molar-refractivity contribution in [1.29, 1.82) is 0 Å². The highest BCUT2D eigenvalue weighted by molar-refractivity contribution is 4.81. The van der Waals surface area contributed by atoms with Crippen molar-refractivity contribution < 1.29 is 4.74 Å². The first-order valence-corrected chi connectivity index (χ1v) is 3.99. The molecule has 2 nitrogen and oxygen atoms in total. The lowest BCUT2D eigenvalue weighted by atomic mass is 10.0. The minimum Gasteiger partial charge on any atom is -0.380 e. The summed E-state index contributed by atoms with van der Waals surface area (Å²) in [5.74, 6) is 0.759. The van der Waals surface area contributed by atoms with Gasteiger partial charge in [-0.05, 0) is 19.4 Å². The van der Waals surface area contributed by atoms with Gasteiger partial charge in [0.25, 0.3) is 0 Å². The lowest BCUT2D eigenvalue weighted by molar-refractivity contribution is 0.0785. The molecule has 2 atom stereocenters. The van der Waals surface area contributed by atoms with E-state index in [1.54, 1.807) is 0 Å². The van der Waals surface area contributed by atoms with Gasteiger partial charge in [-0.3, -0.25) is 0 Å². The van der Waals surface area contributed by atoms with Gasteiger partial charge in [-0.2, -0.15) is 0 Å². The lowest BCUT2D eigenvalue weighted by Crippen LogP contribution is -2.20. The molecule has 0 aromatic heterocycles. The van der Waals surface area contributed by atoms with E-state index >= 15 is 0 Å². The molecule has 1 saturated heterocycles. The summed E-state index contributed by atoms with van der Waals surface area (Å²) in [6, 6.07) is 0. The van der Waals surface area contributed by atoms with Gasteiger partial charge in [-0.25, -0.2) is 0 Å². The molecule has 1 rings (SSSR count). The van der Waals surface area contributed by atoms with Gasteiger partial charge in [-0.15, -0.1) is 0 Å². The molecule has 0 bridgehead atoms. The average molecular weight is 143 g/mol. The van der Waals surface area contributed by atoms with E-state index < -0.39 is 0 Å². The first-order chi connectivity index (χ1) is 4.77. The number of rotatable bonds is 2. The zero-order valence-electron chi connectivity index (χ0n) is 7.13. The molecule has 60 valence electrons. The molecule has 0 spiro atoms. The van der Waals surface area contributed by atoms with Crippen molar-refractivity contribution in [2.45, 2.75) is 19.4 Å². The van der Waals surface area contributed by atoms with Crippen molar-refractivity contribution in [2.75, 3.05) is 27.2 Å². The van der Waals surface area contributed by atoms with E-state index in [2.05, 4.69) is 18.9 Å². The molecule has 0 aromatic rings. The predicted octanol–water partition coefficient (Wildman–Crippen LogP) is 0.973. The molecule has 0 amide bonds. The van der Waals surface area contributed by atoms with Crippen LogP contribution in [0.15, 0.2) is 0 Å². The molecule has 0 unspecified atom stereocenters. The predicted molar refractivity (Wildman–Crippen MR) is 42.1 cm³/mol. The van der Waals surface area contributed by atoms with E-state index in [0.29, 0.717) is 6.10 Å². The molecule has 2 heteroatoms. The quantitative estimate of drug-likeness (QED) is 0.571. The largest absolute Gasteiger partial charge is 0.380 e. The standard InChI is InChI=1S/C8H17NO/c1-4-7-5-9(2)6-8(7)10-3/h7-8H,4-6H2,1-3H3/t7-,8-/m1/s1. The molecular weight excluding hydrogens is 126 g/mol. The summed E-state index contributed by atoms with van der Waals surface area (Å²) >= 11 is 0. The normalized spacial score (nSPS) is 35.1. The number of hydrogen-bond donors (Lipinski definition) is 0. The molecule has 0 saturated carbocycles. The zero-order chi connectivity index (χ0) is 7.56. The van der Waals surface area contributed by atoms with Crippen LogP contribution in [0, 0.1) is 5.92 Å². The fraction of sp³-hybridized carbons (Fsp3) is 1.00. The summed E-state index contributed by atoms with van der Waals surface area (Å²) in [4.78, 5) is 2.34. The van der Waals surface area contributed by atoms with Gasteiger partial charge in [0.05, 0.1) is 6.10 Å². The molecule has 1 heterocycles. The second kappa shape index (κ2) is 3.35. The fourth-order valence-corrected chi connectivity index (χ4v) is 1.71. The Morgan fingerprint density at radius 2 is 2.20 bits per heavy atom. The van der Waals surface area contributed by atoms with Crippen LogP contribution < -0.4 is 0 Å². The van der Waals surface area contributed by atoms with Crippen molar-refractivity contribution in [3.05, 3.63) is 0 Å². The Labute approximate surface area is 63.2 Å². The monoisotopic (exact) mass is 143 g/mol. The summed E-state index contributed by atoms with van der Waals surface area (Å²) in [6.07, 6.45) is 1.72. The fourth-order valence-electron chi connectivity index (χ4n) is 1.71.